The molecule has 27 heavy (non-hydrogen) atoms. The number of carbonyl (C=O) groups excluding carboxylic acids is 2. The topological polar surface area (TPSA) is 64.4 Å². The van der Waals surface area contributed by atoms with E-state index in [1.807, 2.05) is 24.3 Å². The number of nitriles is 1. The van der Waals surface area contributed by atoms with E-state index >= 15 is 0 Å². The predicted molar refractivity (Wildman–Crippen MR) is 103 cm³/mol. The Morgan fingerprint density at radius 2 is 1.44 bits per heavy atom. The Hall–Kier alpha value is -3.13. The van der Waals surface area contributed by atoms with Gasteiger partial charge in [-0.15, -0.1) is 0 Å². The number of nitrogens with zero attached hydrogens (tertiary/aromatic N) is 3. The third-order valence-corrected chi connectivity index (χ3v) is 4.92. The van der Waals surface area contributed by atoms with Gasteiger partial charge < -0.3 is 9.80 Å². The minimum absolute atomic E-state index is 0.00360. The van der Waals surface area contributed by atoms with Crippen molar-refractivity contribution in [3.05, 3.63) is 70.8 Å². The summed E-state index contributed by atoms with van der Waals surface area (Å²) < 4.78 is 0. The van der Waals surface area contributed by atoms with E-state index in [2.05, 4.69) is 19.9 Å². The molecule has 2 amide bonds. The van der Waals surface area contributed by atoms with E-state index in [0.717, 1.165) is 0 Å². The van der Waals surface area contributed by atoms with E-state index in [0.29, 0.717) is 48.8 Å². The lowest BCUT2D eigenvalue weighted by Gasteiger charge is -2.35. The van der Waals surface area contributed by atoms with Crippen LogP contribution in [-0.4, -0.2) is 47.8 Å². The number of hydrogen-bond donors (Lipinski definition) is 0. The molecule has 1 heterocycles. The number of benzene rings is 2. The Balaban J connectivity index is 1.62. The summed E-state index contributed by atoms with van der Waals surface area (Å²) in [5.41, 5.74) is 2.88. The van der Waals surface area contributed by atoms with Crippen LogP contribution in [-0.2, 0) is 0 Å². The summed E-state index contributed by atoms with van der Waals surface area (Å²) in [5, 5.41) is 8.99. The van der Waals surface area contributed by atoms with Gasteiger partial charge in [0.05, 0.1) is 11.6 Å². The minimum Gasteiger partial charge on any atom is -0.335 e. The number of carbonyl (C=O) groups is 2. The van der Waals surface area contributed by atoms with Gasteiger partial charge in [-0.1, -0.05) is 32.0 Å². The highest BCUT2D eigenvalue weighted by atomic mass is 16.2. The summed E-state index contributed by atoms with van der Waals surface area (Å²) >= 11 is 0. The van der Waals surface area contributed by atoms with Crippen LogP contribution in [0.1, 0.15) is 51.6 Å². The van der Waals surface area contributed by atoms with Crippen molar-refractivity contribution < 1.29 is 9.59 Å². The highest BCUT2D eigenvalue weighted by Gasteiger charge is 2.25. The smallest absolute Gasteiger partial charge is 0.254 e. The molecule has 0 saturated carbocycles. The van der Waals surface area contributed by atoms with Crippen LogP contribution < -0.4 is 0 Å². The monoisotopic (exact) mass is 361 g/mol. The van der Waals surface area contributed by atoms with Crippen molar-refractivity contribution >= 4 is 11.8 Å². The van der Waals surface area contributed by atoms with Gasteiger partial charge in [-0.05, 0) is 41.8 Å². The molecule has 1 fully saturated rings. The van der Waals surface area contributed by atoms with Crippen molar-refractivity contribution in [3.8, 4) is 6.07 Å². The molecule has 0 unspecified atom stereocenters. The first-order valence-corrected chi connectivity index (χ1v) is 9.18. The summed E-state index contributed by atoms with van der Waals surface area (Å²) in [4.78, 5) is 28.9. The van der Waals surface area contributed by atoms with Crippen LogP contribution in [0.15, 0.2) is 48.5 Å². The fourth-order valence-electron chi connectivity index (χ4n) is 3.21. The third kappa shape index (κ3) is 4.17. The molecular weight excluding hydrogens is 338 g/mol. The van der Waals surface area contributed by atoms with Crippen molar-refractivity contribution in [1.82, 2.24) is 9.80 Å². The first-order chi connectivity index (χ1) is 13.0. The first-order valence-electron chi connectivity index (χ1n) is 9.18. The van der Waals surface area contributed by atoms with E-state index in [-0.39, 0.29) is 11.8 Å². The van der Waals surface area contributed by atoms with Crippen LogP contribution >= 0.6 is 0 Å². The van der Waals surface area contributed by atoms with Gasteiger partial charge in [-0.25, -0.2) is 0 Å². The van der Waals surface area contributed by atoms with Crippen LogP contribution in [0.5, 0.6) is 0 Å². The Morgan fingerprint density at radius 1 is 0.889 bits per heavy atom. The quantitative estimate of drug-likeness (QED) is 0.843. The van der Waals surface area contributed by atoms with Gasteiger partial charge in [-0.3, -0.25) is 9.59 Å². The third-order valence-electron chi connectivity index (χ3n) is 4.92. The van der Waals surface area contributed by atoms with Crippen molar-refractivity contribution in [2.24, 2.45) is 0 Å². The molecule has 2 aromatic rings. The molecule has 1 aliphatic rings. The molecule has 0 spiro atoms. The van der Waals surface area contributed by atoms with Gasteiger partial charge in [0.1, 0.15) is 0 Å². The van der Waals surface area contributed by atoms with Gasteiger partial charge in [0.25, 0.3) is 11.8 Å². The molecule has 2 aromatic carbocycles. The number of rotatable bonds is 3. The van der Waals surface area contributed by atoms with Crippen molar-refractivity contribution in [2.45, 2.75) is 19.8 Å². The zero-order valence-corrected chi connectivity index (χ0v) is 15.7. The zero-order valence-electron chi connectivity index (χ0n) is 15.7. The Kier molecular flexibility index (Phi) is 5.56. The number of piperazine rings is 1. The van der Waals surface area contributed by atoms with Crippen LogP contribution in [0.2, 0.25) is 0 Å². The molecule has 5 nitrogen and oxygen atoms in total. The minimum atomic E-state index is -0.0968. The highest BCUT2D eigenvalue weighted by molar-refractivity contribution is 5.96. The van der Waals surface area contributed by atoms with Gasteiger partial charge in [0.15, 0.2) is 0 Å². The SMILES string of the molecule is CC(C)c1ccc(C(=O)N2CCN(C(=O)c3cccc(C#N)c3)CC2)cc1. The molecular formula is C22H23N3O2. The maximum absolute atomic E-state index is 12.7. The van der Waals surface area contributed by atoms with Gasteiger partial charge in [-0.2, -0.15) is 5.26 Å². The van der Waals surface area contributed by atoms with E-state index in [4.69, 9.17) is 5.26 Å². The summed E-state index contributed by atoms with van der Waals surface area (Å²) in [6.07, 6.45) is 0. The second-order valence-electron chi connectivity index (χ2n) is 7.05. The van der Waals surface area contributed by atoms with Gasteiger partial charge in [0.2, 0.25) is 0 Å². The molecule has 1 saturated heterocycles. The summed E-state index contributed by atoms with van der Waals surface area (Å²) in [6, 6.07) is 16.5. The number of amides is 2. The molecule has 0 bridgehead atoms. The largest absolute Gasteiger partial charge is 0.335 e. The molecule has 1 aliphatic heterocycles. The lowest BCUT2D eigenvalue weighted by atomic mass is 10.0. The summed E-state index contributed by atoms with van der Waals surface area (Å²) in [7, 11) is 0. The Morgan fingerprint density at radius 3 is 1.96 bits per heavy atom. The highest BCUT2D eigenvalue weighted by Crippen LogP contribution is 2.17. The maximum atomic E-state index is 12.7. The average molecular weight is 361 g/mol. The van der Waals surface area contributed by atoms with Crippen molar-refractivity contribution in [2.75, 3.05) is 26.2 Å². The van der Waals surface area contributed by atoms with E-state index in [9.17, 15) is 9.59 Å². The van der Waals surface area contributed by atoms with Crippen molar-refractivity contribution in [3.63, 3.8) is 0 Å². The van der Waals surface area contributed by atoms with Crippen LogP contribution in [0.3, 0.4) is 0 Å². The second-order valence-corrected chi connectivity index (χ2v) is 7.05. The standard InChI is InChI=1S/C22H23N3O2/c1-16(2)18-6-8-19(9-7-18)21(26)24-10-12-25(13-11-24)22(27)20-5-3-4-17(14-20)15-23/h3-9,14,16H,10-13H2,1-2H3. The molecule has 3 rings (SSSR count). The Bertz CT molecular complexity index is 873. The lowest BCUT2D eigenvalue weighted by Crippen LogP contribution is -2.50. The number of hydrogen-bond acceptors (Lipinski definition) is 3. The van der Waals surface area contributed by atoms with E-state index in [1.54, 1.807) is 34.1 Å². The van der Waals surface area contributed by atoms with Crippen LogP contribution in [0.4, 0.5) is 0 Å². The van der Waals surface area contributed by atoms with Crippen LogP contribution in [0, 0.1) is 11.3 Å². The molecule has 0 aromatic heterocycles. The van der Waals surface area contributed by atoms with Gasteiger partial charge >= 0.3 is 0 Å². The second kappa shape index (κ2) is 8.05. The fourth-order valence-corrected chi connectivity index (χ4v) is 3.21. The summed E-state index contributed by atoms with van der Waals surface area (Å²) in [6.45, 7) is 6.25. The van der Waals surface area contributed by atoms with Gasteiger partial charge in [0, 0.05) is 37.3 Å². The predicted octanol–water partition coefficient (Wildman–Crippen LogP) is 3.28. The normalized spacial score (nSPS) is 14.1. The molecule has 0 atom stereocenters. The van der Waals surface area contributed by atoms with Crippen molar-refractivity contribution in [1.29, 1.82) is 5.26 Å². The molecule has 5 heteroatoms. The van der Waals surface area contributed by atoms with Crippen LogP contribution in [0.25, 0.3) is 0 Å². The van der Waals surface area contributed by atoms with E-state index < -0.39 is 0 Å². The first kappa shape index (κ1) is 18.7. The fraction of sp³-hybridized carbons (Fsp3) is 0.318. The average Bonchev–Trinajstić information content (AvgIpc) is 2.73. The molecule has 138 valence electrons. The Labute approximate surface area is 159 Å². The summed E-state index contributed by atoms with van der Waals surface area (Å²) in [5.74, 6) is 0.340. The molecule has 0 N–H and O–H groups in total. The lowest BCUT2D eigenvalue weighted by molar-refractivity contribution is 0.0535. The molecule has 0 aliphatic carbocycles. The molecule has 0 radical (unpaired) electrons. The maximum Gasteiger partial charge on any atom is 0.254 e. The zero-order chi connectivity index (χ0) is 19.4. The van der Waals surface area contributed by atoms with E-state index in [1.165, 1.54) is 5.56 Å².